The highest BCUT2D eigenvalue weighted by atomic mass is 16.5. The number of hydrogen-bond donors (Lipinski definition) is 0. The quantitative estimate of drug-likeness (QED) is 0.616. The molecular weight excluding hydrogens is 446 g/mol. The maximum Gasteiger partial charge on any atom is 0.337 e. The molecule has 2 heterocycles. The fourth-order valence-corrected chi connectivity index (χ4v) is 4.33. The predicted octanol–water partition coefficient (Wildman–Crippen LogP) is 3.57. The second kappa shape index (κ2) is 11.2. The zero-order valence-corrected chi connectivity index (χ0v) is 20.2. The molecule has 0 aliphatic carbocycles. The van der Waals surface area contributed by atoms with Crippen molar-refractivity contribution in [1.82, 2.24) is 9.80 Å². The average Bonchev–Trinajstić information content (AvgIpc) is 2.92. The number of rotatable bonds is 5. The van der Waals surface area contributed by atoms with E-state index in [1.165, 1.54) is 12.7 Å². The number of esters is 1. The molecule has 3 amide bonds. The van der Waals surface area contributed by atoms with Crippen LogP contribution < -0.4 is 4.90 Å². The van der Waals surface area contributed by atoms with E-state index in [0.29, 0.717) is 51.5 Å². The predicted molar refractivity (Wildman–Crippen MR) is 133 cm³/mol. The van der Waals surface area contributed by atoms with E-state index in [-0.39, 0.29) is 11.9 Å². The number of amides is 3. The Kier molecular flexibility index (Phi) is 7.82. The highest BCUT2D eigenvalue weighted by molar-refractivity contribution is 5.93. The van der Waals surface area contributed by atoms with Crippen LogP contribution in [0.25, 0.3) is 5.57 Å². The van der Waals surface area contributed by atoms with Crippen LogP contribution in [0.15, 0.2) is 54.6 Å². The van der Waals surface area contributed by atoms with Crippen LogP contribution in [0.2, 0.25) is 0 Å². The number of carbonyl (C=O) groups is 3. The Bertz CT molecular complexity index is 1110. The molecule has 0 N–H and O–H groups in total. The van der Waals surface area contributed by atoms with Crippen molar-refractivity contribution in [2.45, 2.75) is 19.9 Å². The molecule has 0 atom stereocenters. The summed E-state index contributed by atoms with van der Waals surface area (Å²) >= 11 is 0. The van der Waals surface area contributed by atoms with Gasteiger partial charge in [0.25, 0.3) is 0 Å². The largest absolute Gasteiger partial charge is 0.465 e. The molecule has 2 aliphatic heterocycles. The van der Waals surface area contributed by atoms with Crippen LogP contribution in [0.3, 0.4) is 0 Å². The number of urea groups is 1. The van der Waals surface area contributed by atoms with Gasteiger partial charge in [0.05, 0.1) is 32.4 Å². The van der Waals surface area contributed by atoms with Gasteiger partial charge in [-0.15, -0.1) is 0 Å². The summed E-state index contributed by atoms with van der Waals surface area (Å²) in [5.74, 6) is -0.316. The molecule has 0 radical (unpaired) electrons. The third-order valence-electron chi connectivity index (χ3n) is 6.41. The van der Waals surface area contributed by atoms with Crippen molar-refractivity contribution in [3.63, 3.8) is 0 Å². The first-order valence-corrected chi connectivity index (χ1v) is 11.8. The van der Waals surface area contributed by atoms with Gasteiger partial charge < -0.3 is 19.3 Å². The summed E-state index contributed by atoms with van der Waals surface area (Å²) in [4.78, 5) is 42.5. The smallest absolute Gasteiger partial charge is 0.337 e. The average molecular weight is 478 g/mol. The Labute approximate surface area is 205 Å². The third kappa shape index (κ3) is 5.89. The van der Waals surface area contributed by atoms with Crippen LogP contribution in [0.4, 0.5) is 10.5 Å². The highest BCUT2D eigenvalue weighted by Gasteiger charge is 2.25. The first kappa shape index (κ1) is 24.5. The highest BCUT2D eigenvalue weighted by Crippen LogP contribution is 2.28. The van der Waals surface area contributed by atoms with Crippen LogP contribution in [0.5, 0.6) is 0 Å². The van der Waals surface area contributed by atoms with Gasteiger partial charge >= 0.3 is 12.0 Å². The maximum absolute atomic E-state index is 13.6. The van der Waals surface area contributed by atoms with E-state index in [9.17, 15) is 14.4 Å². The van der Waals surface area contributed by atoms with Crippen molar-refractivity contribution in [3.05, 3.63) is 71.3 Å². The number of methoxy groups -OCH3 is 1. The number of benzene rings is 2. The summed E-state index contributed by atoms with van der Waals surface area (Å²) in [6.07, 6.45) is 2.86. The Morgan fingerprint density at radius 2 is 1.74 bits per heavy atom. The SMILES string of the molecule is COC(=O)c1ccc(CN(C(=O)N2CCOCC2)c2cccc(C3=CCN(C(C)=O)CC3)c2)cc1. The molecule has 0 bridgehead atoms. The molecule has 0 unspecified atom stereocenters. The molecular formula is C27H31N3O5. The van der Waals surface area contributed by atoms with Gasteiger partial charge in [0.1, 0.15) is 0 Å². The lowest BCUT2D eigenvalue weighted by molar-refractivity contribution is -0.128. The third-order valence-corrected chi connectivity index (χ3v) is 6.41. The van der Waals surface area contributed by atoms with Gasteiger partial charge in [-0.2, -0.15) is 0 Å². The standard InChI is InChI=1S/C27H31N3O5/c1-20(31)28-12-10-22(11-13-28)24-4-3-5-25(18-24)30(27(33)29-14-16-35-17-15-29)19-21-6-8-23(9-7-21)26(32)34-2/h3-10,18H,11-17,19H2,1-2H3. The molecule has 0 spiro atoms. The molecule has 8 nitrogen and oxygen atoms in total. The number of morpholine rings is 1. The maximum atomic E-state index is 13.6. The van der Waals surface area contributed by atoms with Crippen molar-refractivity contribution >= 4 is 29.2 Å². The van der Waals surface area contributed by atoms with Crippen molar-refractivity contribution in [1.29, 1.82) is 0 Å². The molecule has 1 fully saturated rings. The number of hydrogen-bond acceptors (Lipinski definition) is 5. The Balaban J connectivity index is 1.61. The lowest BCUT2D eigenvalue weighted by atomic mass is 9.98. The monoisotopic (exact) mass is 477 g/mol. The van der Waals surface area contributed by atoms with E-state index in [1.54, 1.807) is 24.0 Å². The molecule has 0 saturated carbocycles. The van der Waals surface area contributed by atoms with Crippen LogP contribution in [-0.2, 0) is 20.8 Å². The van der Waals surface area contributed by atoms with Crippen molar-refractivity contribution in [3.8, 4) is 0 Å². The van der Waals surface area contributed by atoms with Crippen LogP contribution in [0.1, 0.15) is 34.8 Å². The lowest BCUT2D eigenvalue weighted by Crippen LogP contribution is -2.48. The number of ether oxygens (including phenoxy) is 2. The summed E-state index contributed by atoms with van der Waals surface area (Å²) in [5, 5.41) is 0. The molecule has 35 heavy (non-hydrogen) atoms. The molecule has 4 rings (SSSR count). The molecule has 1 saturated heterocycles. The number of carbonyl (C=O) groups excluding carboxylic acids is 3. The summed E-state index contributed by atoms with van der Waals surface area (Å²) in [6.45, 7) is 5.36. The molecule has 184 valence electrons. The van der Waals surface area contributed by atoms with Gasteiger partial charge in [-0.25, -0.2) is 9.59 Å². The summed E-state index contributed by atoms with van der Waals surface area (Å²) < 4.78 is 10.2. The molecule has 2 aliphatic rings. The Morgan fingerprint density at radius 3 is 2.37 bits per heavy atom. The van der Waals surface area contributed by atoms with E-state index < -0.39 is 5.97 Å². The van der Waals surface area contributed by atoms with E-state index in [2.05, 4.69) is 6.08 Å². The lowest BCUT2D eigenvalue weighted by Gasteiger charge is -2.33. The van der Waals surface area contributed by atoms with Gasteiger partial charge in [-0.05, 0) is 47.4 Å². The minimum Gasteiger partial charge on any atom is -0.465 e. The summed E-state index contributed by atoms with van der Waals surface area (Å²) in [5.41, 5.74) is 4.38. The van der Waals surface area contributed by atoms with Gasteiger partial charge in [-0.1, -0.05) is 30.3 Å². The van der Waals surface area contributed by atoms with E-state index in [0.717, 1.165) is 23.2 Å². The fraction of sp³-hybridized carbons (Fsp3) is 0.370. The molecule has 2 aromatic rings. The van der Waals surface area contributed by atoms with Gasteiger partial charge in [0.2, 0.25) is 5.91 Å². The minimum atomic E-state index is -0.394. The topological polar surface area (TPSA) is 79.4 Å². The second-order valence-electron chi connectivity index (χ2n) is 8.65. The zero-order valence-electron chi connectivity index (χ0n) is 20.2. The van der Waals surface area contributed by atoms with Gasteiger partial charge in [0, 0.05) is 38.8 Å². The normalized spacial score (nSPS) is 15.9. The van der Waals surface area contributed by atoms with Crippen molar-refractivity contribution in [2.24, 2.45) is 0 Å². The summed E-state index contributed by atoms with van der Waals surface area (Å²) in [7, 11) is 1.35. The number of anilines is 1. The van der Waals surface area contributed by atoms with Crippen LogP contribution >= 0.6 is 0 Å². The fourth-order valence-electron chi connectivity index (χ4n) is 4.33. The van der Waals surface area contributed by atoms with E-state index >= 15 is 0 Å². The first-order valence-electron chi connectivity index (χ1n) is 11.8. The van der Waals surface area contributed by atoms with Crippen LogP contribution in [-0.4, -0.2) is 74.2 Å². The van der Waals surface area contributed by atoms with Crippen molar-refractivity contribution < 1.29 is 23.9 Å². The van der Waals surface area contributed by atoms with Gasteiger partial charge in [0.15, 0.2) is 0 Å². The Morgan fingerprint density at radius 1 is 1.00 bits per heavy atom. The van der Waals surface area contributed by atoms with E-state index in [1.807, 2.05) is 46.2 Å². The number of nitrogens with zero attached hydrogens (tertiary/aromatic N) is 3. The molecule has 8 heteroatoms. The van der Waals surface area contributed by atoms with Gasteiger partial charge in [-0.3, -0.25) is 9.69 Å². The Hall–Kier alpha value is -3.65. The first-order chi connectivity index (χ1) is 17.0. The minimum absolute atomic E-state index is 0.0783. The van der Waals surface area contributed by atoms with E-state index in [4.69, 9.17) is 9.47 Å². The summed E-state index contributed by atoms with van der Waals surface area (Å²) in [6, 6.07) is 15.0. The van der Waals surface area contributed by atoms with Crippen molar-refractivity contribution in [2.75, 3.05) is 51.4 Å². The van der Waals surface area contributed by atoms with Crippen LogP contribution in [0, 0.1) is 0 Å². The second-order valence-corrected chi connectivity index (χ2v) is 8.65. The molecule has 2 aromatic carbocycles. The zero-order chi connectivity index (χ0) is 24.8. The molecule has 0 aromatic heterocycles.